The van der Waals surface area contributed by atoms with Gasteiger partial charge in [-0.25, -0.2) is 0 Å². The Balaban J connectivity index is 0.00000337. The first-order valence-electron chi connectivity index (χ1n) is 14.2. The molecule has 2 fully saturated rings. The van der Waals surface area contributed by atoms with Crippen molar-refractivity contribution in [3.8, 4) is 5.75 Å². The number of aromatic nitrogens is 1. The molecule has 0 saturated carbocycles. The van der Waals surface area contributed by atoms with E-state index in [4.69, 9.17) is 18.6 Å². The summed E-state index contributed by atoms with van der Waals surface area (Å²) in [4.78, 5) is 17.1. The SMILES string of the molecule is C[n+]1c2ccccc2c(NCCN2CCOCC2)c2oc3ccc(OCC(=O)NCCN4CCOCC4)cc3c21.[I-]. The Morgan fingerprint density at radius 1 is 0.927 bits per heavy atom. The van der Waals surface area contributed by atoms with Gasteiger partial charge in [0.2, 0.25) is 11.1 Å². The van der Waals surface area contributed by atoms with Crippen LogP contribution in [-0.4, -0.2) is 101 Å². The van der Waals surface area contributed by atoms with Crippen LogP contribution in [0.3, 0.4) is 0 Å². The molecule has 41 heavy (non-hydrogen) atoms. The second-order valence-electron chi connectivity index (χ2n) is 10.4. The molecular formula is C30H38IN5O5. The number of halogens is 1. The highest BCUT2D eigenvalue weighted by Crippen LogP contribution is 2.37. The van der Waals surface area contributed by atoms with Crippen LogP contribution in [0.2, 0.25) is 0 Å². The van der Waals surface area contributed by atoms with Gasteiger partial charge in [0.15, 0.2) is 6.61 Å². The van der Waals surface area contributed by atoms with Crippen LogP contribution in [0, 0.1) is 0 Å². The molecule has 0 bridgehead atoms. The molecule has 0 unspecified atom stereocenters. The van der Waals surface area contributed by atoms with Crippen LogP contribution in [0.1, 0.15) is 0 Å². The minimum absolute atomic E-state index is 0. The summed E-state index contributed by atoms with van der Waals surface area (Å²) in [5, 5.41) is 8.70. The van der Waals surface area contributed by atoms with Gasteiger partial charge in [-0.3, -0.25) is 14.6 Å². The van der Waals surface area contributed by atoms with Gasteiger partial charge in [0.1, 0.15) is 18.4 Å². The maximum absolute atomic E-state index is 12.4. The van der Waals surface area contributed by atoms with Crippen molar-refractivity contribution in [3.63, 3.8) is 0 Å². The van der Waals surface area contributed by atoms with E-state index in [-0.39, 0.29) is 36.5 Å². The van der Waals surface area contributed by atoms with Gasteiger partial charge in [-0.15, -0.1) is 0 Å². The molecule has 1 amide bonds. The predicted octanol–water partition coefficient (Wildman–Crippen LogP) is -0.861. The van der Waals surface area contributed by atoms with Crippen molar-refractivity contribution in [1.82, 2.24) is 15.1 Å². The van der Waals surface area contributed by atoms with E-state index < -0.39 is 0 Å². The van der Waals surface area contributed by atoms with Gasteiger partial charge in [-0.2, -0.15) is 4.57 Å². The molecule has 0 aliphatic carbocycles. The van der Waals surface area contributed by atoms with Crippen molar-refractivity contribution in [2.75, 3.05) is 90.7 Å². The molecule has 0 spiro atoms. The zero-order valence-corrected chi connectivity index (χ0v) is 25.7. The van der Waals surface area contributed by atoms with Crippen molar-refractivity contribution < 1.29 is 52.0 Å². The average molecular weight is 676 g/mol. The molecule has 4 heterocycles. The van der Waals surface area contributed by atoms with Gasteiger partial charge in [0.25, 0.3) is 11.4 Å². The van der Waals surface area contributed by atoms with Crippen molar-refractivity contribution in [3.05, 3.63) is 42.5 Å². The number of fused-ring (bicyclic) bond motifs is 4. The number of carbonyl (C=O) groups is 1. The van der Waals surface area contributed by atoms with Crippen molar-refractivity contribution in [2.45, 2.75) is 0 Å². The number of amides is 1. The summed E-state index contributed by atoms with van der Waals surface area (Å²) < 4.78 is 25.4. The molecule has 11 heteroatoms. The van der Waals surface area contributed by atoms with E-state index >= 15 is 0 Å². The van der Waals surface area contributed by atoms with E-state index in [9.17, 15) is 4.79 Å². The largest absolute Gasteiger partial charge is 1.00 e. The van der Waals surface area contributed by atoms with Gasteiger partial charge in [-0.05, 0) is 24.3 Å². The van der Waals surface area contributed by atoms with Crippen molar-refractivity contribution >= 4 is 44.6 Å². The van der Waals surface area contributed by atoms with Crippen LogP contribution in [-0.2, 0) is 21.3 Å². The number of nitrogens with one attached hydrogen (secondary N) is 2. The molecule has 0 atom stereocenters. The molecule has 2 N–H and O–H groups in total. The molecule has 0 radical (unpaired) electrons. The third-order valence-corrected chi connectivity index (χ3v) is 7.79. The maximum atomic E-state index is 12.4. The zero-order valence-electron chi connectivity index (χ0n) is 23.5. The lowest BCUT2D eigenvalue weighted by Crippen LogP contribution is -3.00. The first-order valence-corrected chi connectivity index (χ1v) is 14.2. The molecule has 2 saturated heterocycles. The van der Waals surface area contributed by atoms with E-state index in [2.05, 4.69) is 56.3 Å². The molecular weight excluding hydrogens is 637 g/mol. The Morgan fingerprint density at radius 2 is 1.61 bits per heavy atom. The molecule has 2 aromatic heterocycles. The lowest BCUT2D eigenvalue weighted by molar-refractivity contribution is -0.616. The fraction of sp³-hybridized carbons (Fsp3) is 0.467. The fourth-order valence-electron chi connectivity index (χ4n) is 5.59. The lowest BCUT2D eigenvalue weighted by atomic mass is 10.1. The Labute approximate surface area is 256 Å². The summed E-state index contributed by atoms with van der Waals surface area (Å²) >= 11 is 0. The molecule has 2 aliphatic rings. The minimum atomic E-state index is -0.131. The number of rotatable bonds is 10. The summed E-state index contributed by atoms with van der Waals surface area (Å²) in [6.45, 7) is 9.93. The van der Waals surface area contributed by atoms with Gasteiger partial charge >= 0.3 is 0 Å². The molecule has 2 aromatic carbocycles. The molecule has 220 valence electrons. The number of para-hydroxylation sites is 1. The Bertz CT molecular complexity index is 1480. The molecule has 2 aliphatic heterocycles. The van der Waals surface area contributed by atoms with Crippen LogP contribution in [0.15, 0.2) is 46.9 Å². The number of hydrogen-bond donors (Lipinski definition) is 2. The summed E-state index contributed by atoms with van der Waals surface area (Å²) in [6.07, 6.45) is 0. The highest BCUT2D eigenvalue weighted by Gasteiger charge is 2.25. The first-order chi connectivity index (χ1) is 19.7. The number of furan rings is 1. The molecule has 10 nitrogen and oxygen atoms in total. The maximum Gasteiger partial charge on any atom is 0.261 e. The van der Waals surface area contributed by atoms with E-state index in [1.165, 1.54) is 0 Å². The normalized spacial score (nSPS) is 16.6. The quantitative estimate of drug-likeness (QED) is 0.166. The second-order valence-corrected chi connectivity index (χ2v) is 10.4. The van der Waals surface area contributed by atoms with Crippen LogP contribution in [0.25, 0.3) is 33.0 Å². The van der Waals surface area contributed by atoms with E-state index in [1.54, 1.807) is 0 Å². The number of nitrogens with zero attached hydrogens (tertiary/aromatic N) is 3. The number of morpholine rings is 2. The predicted molar refractivity (Wildman–Crippen MR) is 154 cm³/mol. The Hall–Kier alpha value is -2.71. The van der Waals surface area contributed by atoms with Gasteiger partial charge in [-0.1, -0.05) is 12.1 Å². The van der Waals surface area contributed by atoms with Crippen LogP contribution < -0.4 is 43.9 Å². The highest BCUT2D eigenvalue weighted by molar-refractivity contribution is 6.11. The van der Waals surface area contributed by atoms with Crippen molar-refractivity contribution in [1.29, 1.82) is 0 Å². The topological polar surface area (TPSA) is 92.3 Å². The highest BCUT2D eigenvalue weighted by atomic mass is 127. The standard InChI is InChI=1S/C30H37N5O5.HI/c1-33-25-5-3-2-4-23(25)28(32-9-11-35-14-18-38-19-15-35)30-29(33)24-20-22(6-7-26(24)40-30)39-21-27(36)31-8-10-34-12-16-37-17-13-34;/h2-7,20H,8-19,21H2,1H3,(H,31,36);1H. The zero-order chi connectivity index (χ0) is 27.3. The van der Waals surface area contributed by atoms with E-state index in [0.29, 0.717) is 12.3 Å². The Kier molecular flexibility index (Phi) is 10.1. The lowest BCUT2D eigenvalue weighted by Gasteiger charge is -2.26. The smallest absolute Gasteiger partial charge is 0.261 e. The fourth-order valence-corrected chi connectivity index (χ4v) is 5.59. The van der Waals surface area contributed by atoms with Crippen LogP contribution in [0.4, 0.5) is 5.69 Å². The van der Waals surface area contributed by atoms with Gasteiger partial charge in [0, 0.05) is 58.4 Å². The van der Waals surface area contributed by atoms with Gasteiger partial charge in [0.05, 0.1) is 42.9 Å². The number of carbonyl (C=O) groups excluding carboxylic acids is 1. The third-order valence-electron chi connectivity index (χ3n) is 7.79. The van der Waals surface area contributed by atoms with Crippen LogP contribution in [0.5, 0.6) is 5.75 Å². The van der Waals surface area contributed by atoms with E-state index in [0.717, 1.165) is 111 Å². The summed E-state index contributed by atoms with van der Waals surface area (Å²) in [5.41, 5.74) is 4.69. The minimum Gasteiger partial charge on any atom is -1.00 e. The van der Waals surface area contributed by atoms with Crippen LogP contribution >= 0.6 is 0 Å². The molecule has 6 rings (SSSR count). The second kappa shape index (κ2) is 14.0. The number of aryl methyl sites for hydroxylation is 1. The number of anilines is 1. The third kappa shape index (κ3) is 6.86. The van der Waals surface area contributed by atoms with Gasteiger partial charge < -0.3 is 53.2 Å². The summed E-state index contributed by atoms with van der Waals surface area (Å²) in [7, 11) is 2.06. The first kappa shape index (κ1) is 29.8. The monoisotopic (exact) mass is 675 g/mol. The summed E-state index contributed by atoms with van der Waals surface area (Å²) in [5.74, 6) is 0.502. The average Bonchev–Trinajstić information content (AvgIpc) is 3.38. The number of hydrogen-bond acceptors (Lipinski definition) is 8. The number of ether oxygens (including phenoxy) is 3. The van der Waals surface area contributed by atoms with E-state index in [1.807, 2.05) is 18.2 Å². The number of benzene rings is 2. The summed E-state index contributed by atoms with van der Waals surface area (Å²) in [6, 6.07) is 14.1. The Morgan fingerprint density at radius 3 is 2.34 bits per heavy atom. The van der Waals surface area contributed by atoms with Crippen molar-refractivity contribution in [2.24, 2.45) is 7.05 Å². The number of pyridine rings is 1. The molecule has 4 aromatic rings.